The Balaban J connectivity index is 1.51. The van der Waals surface area contributed by atoms with Crippen molar-refractivity contribution in [2.24, 2.45) is 5.92 Å². The van der Waals surface area contributed by atoms with Crippen molar-refractivity contribution in [3.8, 4) is 5.75 Å². The predicted molar refractivity (Wildman–Crippen MR) is 117 cm³/mol. The number of aromatic nitrogens is 2. The van der Waals surface area contributed by atoms with E-state index in [2.05, 4.69) is 15.3 Å². The highest BCUT2D eigenvalue weighted by Crippen LogP contribution is 2.33. The summed E-state index contributed by atoms with van der Waals surface area (Å²) in [6.07, 6.45) is 11.8. The van der Waals surface area contributed by atoms with E-state index in [1.165, 1.54) is 54.2 Å². The van der Waals surface area contributed by atoms with Crippen molar-refractivity contribution in [3.63, 3.8) is 0 Å². The van der Waals surface area contributed by atoms with Crippen molar-refractivity contribution in [1.82, 2.24) is 14.9 Å². The van der Waals surface area contributed by atoms with E-state index in [0.717, 1.165) is 25.7 Å². The standard InChI is InChI=1S/C23H24ClFN4O3/c24-17-7-4-8-18(25)22(17)32-16-12-21(30)29(14-16)19(11-15-5-2-1-3-6-15)23(31)28-20-13-26-9-10-27-20/h4,7-10,12-13,15,19H,1-3,5-6,11,14H2,(H,27,28,31)/t19-/m0/s1. The van der Waals surface area contributed by atoms with Crippen LogP contribution in [0.5, 0.6) is 5.75 Å². The topological polar surface area (TPSA) is 84.4 Å². The van der Waals surface area contributed by atoms with Crippen molar-refractivity contribution < 1.29 is 18.7 Å². The molecule has 7 nitrogen and oxygen atoms in total. The molecule has 0 saturated heterocycles. The van der Waals surface area contributed by atoms with Crippen LogP contribution in [0.1, 0.15) is 38.5 Å². The summed E-state index contributed by atoms with van der Waals surface area (Å²) in [5.74, 6) is -0.541. The van der Waals surface area contributed by atoms with Crippen molar-refractivity contribution in [2.45, 2.75) is 44.6 Å². The molecule has 32 heavy (non-hydrogen) atoms. The third kappa shape index (κ3) is 5.24. The predicted octanol–water partition coefficient (Wildman–Crippen LogP) is 4.35. The van der Waals surface area contributed by atoms with Gasteiger partial charge < -0.3 is 15.0 Å². The largest absolute Gasteiger partial charge is 0.455 e. The third-order valence-corrected chi connectivity index (χ3v) is 6.12. The maximum atomic E-state index is 14.1. The van der Waals surface area contributed by atoms with Gasteiger partial charge in [-0.25, -0.2) is 9.37 Å². The fourth-order valence-electron chi connectivity index (χ4n) is 4.24. The highest BCUT2D eigenvalue weighted by atomic mass is 35.5. The van der Waals surface area contributed by atoms with Crippen LogP contribution in [0.3, 0.4) is 0 Å². The molecule has 1 aliphatic carbocycles. The van der Waals surface area contributed by atoms with E-state index >= 15 is 0 Å². The van der Waals surface area contributed by atoms with Crippen molar-refractivity contribution in [3.05, 3.63) is 59.5 Å². The number of nitrogens with one attached hydrogen (secondary N) is 1. The molecule has 4 rings (SSSR count). The number of rotatable bonds is 7. The summed E-state index contributed by atoms with van der Waals surface area (Å²) >= 11 is 6.05. The molecule has 1 atom stereocenters. The quantitative estimate of drug-likeness (QED) is 0.666. The molecule has 168 valence electrons. The molecular weight excluding hydrogens is 435 g/mol. The Morgan fingerprint density at radius 2 is 2.09 bits per heavy atom. The van der Waals surface area contributed by atoms with E-state index in [1.807, 2.05) is 0 Å². The molecule has 2 aliphatic rings. The van der Waals surface area contributed by atoms with Crippen LogP contribution in [-0.4, -0.2) is 39.3 Å². The van der Waals surface area contributed by atoms with E-state index < -0.39 is 11.9 Å². The molecule has 1 aliphatic heterocycles. The first-order valence-electron chi connectivity index (χ1n) is 10.7. The Bertz CT molecular complexity index is 991. The van der Waals surface area contributed by atoms with Gasteiger partial charge in [0, 0.05) is 18.5 Å². The average molecular weight is 459 g/mol. The van der Waals surface area contributed by atoms with E-state index in [9.17, 15) is 14.0 Å². The molecule has 1 N–H and O–H groups in total. The molecule has 2 heterocycles. The van der Waals surface area contributed by atoms with E-state index in [-0.39, 0.29) is 34.9 Å². The maximum absolute atomic E-state index is 14.1. The minimum Gasteiger partial charge on any atom is -0.455 e. The molecule has 2 amide bonds. The normalized spacial score (nSPS) is 17.8. The van der Waals surface area contributed by atoms with Gasteiger partial charge in [-0.1, -0.05) is 49.8 Å². The Morgan fingerprint density at radius 3 is 2.81 bits per heavy atom. The fraction of sp³-hybridized carbons (Fsp3) is 0.391. The molecule has 1 aromatic carbocycles. The minimum absolute atomic E-state index is 0.0504. The summed E-state index contributed by atoms with van der Waals surface area (Å²) in [4.78, 5) is 35.5. The molecule has 1 aromatic heterocycles. The van der Waals surface area contributed by atoms with E-state index in [0.29, 0.717) is 18.2 Å². The molecule has 2 aromatic rings. The number of benzene rings is 1. The maximum Gasteiger partial charge on any atom is 0.251 e. The van der Waals surface area contributed by atoms with Gasteiger partial charge in [-0.2, -0.15) is 0 Å². The number of anilines is 1. The van der Waals surface area contributed by atoms with Crippen LogP contribution >= 0.6 is 11.6 Å². The number of hydrogen-bond donors (Lipinski definition) is 1. The van der Waals surface area contributed by atoms with Crippen LogP contribution < -0.4 is 10.1 Å². The van der Waals surface area contributed by atoms with Crippen LogP contribution in [-0.2, 0) is 9.59 Å². The zero-order valence-electron chi connectivity index (χ0n) is 17.5. The lowest BCUT2D eigenvalue weighted by molar-refractivity contribution is -0.134. The Labute approximate surface area is 190 Å². The third-order valence-electron chi connectivity index (χ3n) is 5.82. The van der Waals surface area contributed by atoms with Crippen molar-refractivity contribution >= 4 is 29.2 Å². The molecule has 0 bridgehead atoms. The summed E-state index contributed by atoms with van der Waals surface area (Å²) in [6.45, 7) is 0.0504. The zero-order chi connectivity index (χ0) is 22.5. The first-order chi connectivity index (χ1) is 15.5. The molecule has 1 saturated carbocycles. The van der Waals surface area contributed by atoms with E-state index in [1.54, 1.807) is 0 Å². The van der Waals surface area contributed by atoms with Gasteiger partial charge in [0.15, 0.2) is 17.4 Å². The molecule has 0 unspecified atom stereocenters. The lowest BCUT2D eigenvalue weighted by Gasteiger charge is -2.31. The number of halogens is 2. The molecule has 1 fully saturated rings. The first kappa shape index (κ1) is 22.2. The van der Waals surface area contributed by atoms with Crippen molar-refractivity contribution in [1.29, 1.82) is 0 Å². The van der Waals surface area contributed by atoms with E-state index in [4.69, 9.17) is 16.3 Å². The highest BCUT2D eigenvalue weighted by molar-refractivity contribution is 6.32. The molecule has 9 heteroatoms. The van der Waals surface area contributed by atoms with Gasteiger partial charge in [0.25, 0.3) is 5.91 Å². The molecular formula is C23H24ClFN4O3. The van der Waals surface area contributed by atoms with Gasteiger partial charge in [0.05, 0.1) is 17.8 Å². The number of amides is 2. The monoisotopic (exact) mass is 458 g/mol. The number of carbonyl (C=O) groups is 2. The van der Waals surface area contributed by atoms with Gasteiger partial charge >= 0.3 is 0 Å². The number of hydrogen-bond acceptors (Lipinski definition) is 5. The van der Waals surface area contributed by atoms with Gasteiger partial charge in [0.1, 0.15) is 11.8 Å². The second-order valence-corrected chi connectivity index (χ2v) is 8.47. The summed E-state index contributed by atoms with van der Waals surface area (Å²) in [5.41, 5.74) is 0. The van der Waals surface area contributed by atoms with Gasteiger partial charge in [-0.15, -0.1) is 0 Å². The minimum atomic E-state index is -0.707. The lowest BCUT2D eigenvalue weighted by Crippen LogP contribution is -2.46. The van der Waals surface area contributed by atoms with Crippen LogP contribution in [0.15, 0.2) is 48.6 Å². The van der Waals surface area contributed by atoms with Gasteiger partial charge in [-0.05, 0) is 24.5 Å². The van der Waals surface area contributed by atoms with Crippen molar-refractivity contribution in [2.75, 3.05) is 11.9 Å². The van der Waals surface area contributed by atoms with Crippen LogP contribution in [0, 0.1) is 11.7 Å². The number of nitrogens with zero attached hydrogens (tertiary/aromatic N) is 3. The SMILES string of the molecule is O=C(Nc1cnccn1)[C@H](CC1CCCCC1)N1CC(Oc2c(F)cccc2Cl)=CC1=O. The first-order valence-corrected chi connectivity index (χ1v) is 11.1. The highest BCUT2D eigenvalue weighted by Gasteiger charge is 2.36. The Hall–Kier alpha value is -3.00. The Morgan fingerprint density at radius 1 is 1.28 bits per heavy atom. The Kier molecular flexibility index (Phi) is 6.99. The number of carbonyl (C=O) groups excluding carboxylic acids is 2. The second kappa shape index (κ2) is 10.1. The summed E-state index contributed by atoms with van der Waals surface area (Å²) in [5, 5.41) is 2.87. The zero-order valence-corrected chi connectivity index (χ0v) is 18.2. The lowest BCUT2D eigenvalue weighted by atomic mass is 9.84. The van der Waals surface area contributed by atoms with Crippen LogP contribution in [0.2, 0.25) is 5.02 Å². The summed E-state index contributed by atoms with van der Waals surface area (Å²) in [7, 11) is 0. The van der Waals surface area contributed by atoms with Crippen LogP contribution in [0.4, 0.5) is 10.2 Å². The molecule has 0 radical (unpaired) electrons. The summed E-state index contributed by atoms with van der Waals surface area (Å²) in [6, 6.07) is 3.51. The summed E-state index contributed by atoms with van der Waals surface area (Å²) < 4.78 is 19.7. The van der Waals surface area contributed by atoms with Gasteiger partial charge in [0.2, 0.25) is 5.91 Å². The average Bonchev–Trinajstić information content (AvgIpc) is 3.16. The number of ether oxygens (including phenoxy) is 1. The smallest absolute Gasteiger partial charge is 0.251 e. The number of para-hydroxylation sites is 1. The van der Waals surface area contributed by atoms with Crippen LogP contribution in [0.25, 0.3) is 0 Å². The second-order valence-electron chi connectivity index (χ2n) is 8.07. The molecule has 0 spiro atoms. The van der Waals surface area contributed by atoms with Gasteiger partial charge in [-0.3, -0.25) is 14.6 Å². The fourth-order valence-corrected chi connectivity index (χ4v) is 4.44.